The highest BCUT2D eigenvalue weighted by molar-refractivity contribution is 7.27. The molecule has 196 valence electrons. The third-order valence-electron chi connectivity index (χ3n) is 8.78. The fourth-order valence-electron chi connectivity index (χ4n) is 7.01. The van der Waals surface area contributed by atoms with Crippen molar-refractivity contribution in [2.45, 2.75) is 0 Å². The van der Waals surface area contributed by atoms with E-state index in [1.165, 1.54) is 32.3 Å². The van der Waals surface area contributed by atoms with Gasteiger partial charge >= 0.3 is 7.12 Å². The molecule has 0 saturated carbocycles. The van der Waals surface area contributed by atoms with Crippen molar-refractivity contribution >= 4 is 87.2 Å². The Morgan fingerprint density at radius 1 is 0.452 bits per heavy atom. The minimum absolute atomic E-state index is 0.567. The molecule has 2 nitrogen and oxygen atoms in total. The molecule has 42 heavy (non-hydrogen) atoms. The average Bonchev–Trinajstić information content (AvgIpc) is 3.42. The van der Waals surface area contributed by atoms with Crippen LogP contribution in [-0.4, -0.2) is 17.2 Å². The van der Waals surface area contributed by atoms with Crippen molar-refractivity contribution in [3.63, 3.8) is 0 Å². The molecule has 0 amide bonds. The summed E-state index contributed by atoms with van der Waals surface area (Å²) in [6, 6.07) is 45.1. The van der Waals surface area contributed by atoms with Crippen molar-refractivity contribution < 1.29 is 10.0 Å². The van der Waals surface area contributed by atoms with Gasteiger partial charge in [-0.15, -0.1) is 11.3 Å². The number of benzene rings is 8. The summed E-state index contributed by atoms with van der Waals surface area (Å²) in [7, 11) is -1.61. The van der Waals surface area contributed by atoms with Gasteiger partial charge in [-0.25, -0.2) is 0 Å². The molecular weight excluding hydrogens is 531 g/mol. The zero-order valence-corrected chi connectivity index (χ0v) is 23.3. The summed E-state index contributed by atoms with van der Waals surface area (Å²) in [5.74, 6) is 0. The lowest BCUT2D eigenvalue weighted by Gasteiger charge is -2.17. The summed E-state index contributed by atoms with van der Waals surface area (Å²) in [5, 5.41) is 33.7. The van der Waals surface area contributed by atoms with Crippen molar-refractivity contribution in [3.05, 3.63) is 127 Å². The standard InChI is InChI=1S/C38H23BO2S/c40-39(41)37-35(29-11-1-2-12-30(29)36-31-13-3-4-14-32(31)42-38(36)37)25-10-6-9-24(19-25)28-20-26-17-15-22-7-5-8-23-16-18-27(21-28)34(26)33(22)23/h1-21,40-41H. The molecule has 0 spiro atoms. The van der Waals surface area contributed by atoms with Crippen LogP contribution in [0.2, 0.25) is 0 Å². The van der Waals surface area contributed by atoms with Crippen LogP contribution in [0.5, 0.6) is 0 Å². The third-order valence-corrected chi connectivity index (χ3v) is 9.99. The van der Waals surface area contributed by atoms with Crippen LogP contribution >= 0.6 is 11.3 Å². The summed E-state index contributed by atoms with van der Waals surface area (Å²) >= 11 is 1.63. The van der Waals surface area contributed by atoms with Gasteiger partial charge in [0, 0.05) is 25.6 Å². The Bertz CT molecular complexity index is 2450. The smallest absolute Gasteiger partial charge is 0.423 e. The highest BCUT2D eigenvalue weighted by Gasteiger charge is 2.26. The van der Waals surface area contributed by atoms with Crippen molar-refractivity contribution in [1.82, 2.24) is 0 Å². The van der Waals surface area contributed by atoms with Gasteiger partial charge in [-0.3, -0.25) is 0 Å². The molecule has 9 aromatic rings. The Morgan fingerprint density at radius 2 is 1.05 bits per heavy atom. The van der Waals surface area contributed by atoms with E-state index in [0.717, 1.165) is 53.2 Å². The summed E-state index contributed by atoms with van der Waals surface area (Å²) in [6.07, 6.45) is 0. The normalized spacial score (nSPS) is 12.0. The molecule has 2 N–H and O–H groups in total. The highest BCUT2D eigenvalue weighted by atomic mass is 32.1. The molecule has 0 fully saturated rings. The minimum Gasteiger partial charge on any atom is -0.423 e. The van der Waals surface area contributed by atoms with E-state index >= 15 is 0 Å². The molecule has 0 aliphatic heterocycles. The Kier molecular flexibility index (Phi) is 5.06. The van der Waals surface area contributed by atoms with Gasteiger partial charge in [-0.05, 0) is 89.6 Å². The second kappa shape index (κ2) is 8.88. The third kappa shape index (κ3) is 3.34. The molecule has 0 atom stereocenters. The molecule has 9 rings (SSSR count). The molecular formula is C38H23BO2S. The van der Waals surface area contributed by atoms with Gasteiger partial charge in [0.25, 0.3) is 0 Å². The maximum Gasteiger partial charge on any atom is 0.490 e. The summed E-state index contributed by atoms with van der Waals surface area (Å²) in [5.41, 5.74) is 4.64. The van der Waals surface area contributed by atoms with Gasteiger partial charge in [0.15, 0.2) is 0 Å². The summed E-state index contributed by atoms with van der Waals surface area (Å²) < 4.78 is 2.06. The zero-order valence-electron chi connectivity index (χ0n) is 22.5. The van der Waals surface area contributed by atoms with Crippen molar-refractivity contribution in [3.8, 4) is 22.3 Å². The van der Waals surface area contributed by atoms with E-state index in [4.69, 9.17) is 0 Å². The second-order valence-electron chi connectivity index (χ2n) is 11.1. The fourth-order valence-corrected chi connectivity index (χ4v) is 8.30. The van der Waals surface area contributed by atoms with Crippen LogP contribution in [-0.2, 0) is 0 Å². The lowest BCUT2D eigenvalue weighted by Crippen LogP contribution is -2.32. The van der Waals surface area contributed by atoms with Crippen LogP contribution in [0.25, 0.3) is 85.5 Å². The van der Waals surface area contributed by atoms with E-state index in [1.807, 2.05) is 18.2 Å². The van der Waals surface area contributed by atoms with Gasteiger partial charge in [0.2, 0.25) is 0 Å². The Hall–Kier alpha value is -4.74. The van der Waals surface area contributed by atoms with Crippen LogP contribution in [0.15, 0.2) is 127 Å². The zero-order chi connectivity index (χ0) is 27.9. The number of fused-ring (bicyclic) bond motifs is 5. The predicted molar refractivity (Wildman–Crippen MR) is 181 cm³/mol. The van der Waals surface area contributed by atoms with Crippen molar-refractivity contribution in [1.29, 1.82) is 0 Å². The average molecular weight is 554 g/mol. The maximum atomic E-state index is 10.9. The number of rotatable bonds is 3. The predicted octanol–water partition coefficient (Wildman–Crippen LogP) is 9.12. The SMILES string of the molecule is OB(O)c1c(-c2cccc(-c3cc4ccc5cccc6ccc(c3)c4c56)c2)c2ccccc2c2c1sc1ccccc12. The molecule has 0 aliphatic carbocycles. The fraction of sp³-hybridized carbons (Fsp3) is 0. The van der Waals surface area contributed by atoms with E-state index in [0.29, 0.717) is 5.46 Å². The van der Waals surface area contributed by atoms with E-state index < -0.39 is 7.12 Å². The summed E-state index contributed by atoms with van der Waals surface area (Å²) in [4.78, 5) is 0. The Morgan fingerprint density at radius 3 is 1.79 bits per heavy atom. The molecule has 0 unspecified atom stereocenters. The van der Waals surface area contributed by atoms with Crippen LogP contribution in [0.4, 0.5) is 0 Å². The first-order valence-corrected chi connectivity index (χ1v) is 15.0. The van der Waals surface area contributed by atoms with Crippen LogP contribution in [0.3, 0.4) is 0 Å². The van der Waals surface area contributed by atoms with Crippen LogP contribution in [0, 0.1) is 0 Å². The lowest BCUT2D eigenvalue weighted by molar-refractivity contribution is 0.426. The van der Waals surface area contributed by atoms with Crippen LogP contribution in [0.1, 0.15) is 0 Å². The van der Waals surface area contributed by atoms with E-state index in [1.54, 1.807) is 11.3 Å². The second-order valence-corrected chi connectivity index (χ2v) is 12.2. The molecule has 1 heterocycles. The molecule has 0 radical (unpaired) electrons. The first-order chi connectivity index (χ1) is 20.7. The largest absolute Gasteiger partial charge is 0.490 e. The van der Waals surface area contributed by atoms with Gasteiger partial charge < -0.3 is 10.0 Å². The molecule has 1 aromatic heterocycles. The van der Waals surface area contributed by atoms with Crippen molar-refractivity contribution in [2.24, 2.45) is 0 Å². The molecule has 0 saturated heterocycles. The molecule has 0 bridgehead atoms. The Balaban J connectivity index is 1.32. The van der Waals surface area contributed by atoms with Gasteiger partial charge in [-0.1, -0.05) is 103 Å². The van der Waals surface area contributed by atoms with E-state index in [2.05, 4.69) is 109 Å². The topological polar surface area (TPSA) is 40.5 Å². The minimum atomic E-state index is -1.61. The maximum absolute atomic E-state index is 10.9. The monoisotopic (exact) mass is 554 g/mol. The lowest BCUT2D eigenvalue weighted by atomic mass is 9.72. The first kappa shape index (κ1) is 23.9. The Labute approximate surface area is 246 Å². The number of thiophene rings is 1. The van der Waals surface area contributed by atoms with Gasteiger partial charge in [0.05, 0.1) is 0 Å². The van der Waals surface area contributed by atoms with Crippen molar-refractivity contribution in [2.75, 3.05) is 0 Å². The quantitative estimate of drug-likeness (QED) is 0.169. The highest BCUT2D eigenvalue weighted by Crippen LogP contribution is 2.43. The van der Waals surface area contributed by atoms with Gasteiger partial charge in [-0.2, -0.15) is 0 Å². The van der Waals surface area contributed by atoms with E-state index in [9.17, 15) is 10.0 Å². The molecule has 8 aromatic carbocycles. The van der Waals surface area contributed by atoms with Crippen LogP contribution < -0.4 is 5.46 Å². The number of hydrogen-bond acceptors (Lipinski definition) is 3. The van der Waals surface area contributed by atoms with E-state index in [-0.39, 0.29) is 0 Å². The molecule has 4 heteroatoms. The number of hydrogen-bond donors (Lipinski definition) is 2. The molecule has 0 aliphatic rings. The first-order valence-electron chi connectivity index (χ1n) is 14.2. The van der Waals surface area contributed by atoms with Gasteiger partial charge in [0.1, 0.15) is 0 Å². The summed E-state index contributed by atoms with van der Waals surface area (Å²) in [6.45, 7) is 0.